The highest BCUT2D eigenvalue weighted by Gasteiger charge is 2.10. The Kier molecular flexibility index (Phi) is 5.08. The molecule has 0 radical (unpaired) electrons. The molecule has 0 bridgehead atoms. The fourth-order valence-corrected chi connectivity index (χ4v) is 3.55. The fraction of sp³-hybridized carbons (Fsp3) is 0.143. The molecule has 0 saturated heterocycles. The predicted octanol–water partition coefficient (Wildman–Crippen LogP) is 3.29. The van der Waals surface area contributed by atoms with Gasteiger partial charge in [-0.25, -0.2) is 0 Å². The molecule has 5 nitrogen and oxygen atoms in total. The molecule has 0 aliphatic rings. The zero-order chi connectivity index (χ0) is 15.4. The third-order valence-corrected chi connectivity index (χ3v) is 4.86. The molecule has 2 aromatic rings. The maximum absolute atomic E-state index is 12.3. The number of anilines is 1. The maximum Gasteiger partial charge on any atom is 0.269 e. The van der Waals surface area contributed by atoms with E-state index in [1.54, 1.807) is 30.3 Å². The van der Waals surface area contributed by atoms with Gasteiger partial charge in [0.05, 0.1) is 20.6 Å². The van der Waals surface area contributed by atoms with E-state index in [1.165, 1.54) is 12.1 Å². The molecule has 1 unspecified atom stereocenters. The number of rotatable bonds is 5. The van der Waals surface area contributed by atoms with Gasteiger partial charge in [-0.1, -0.05) is 28.1 Å². The van der Waals surface area contributed by atoms with Gasteiger partial charge in [-0.3, -0.25) is 14.3 Å². The lowest BCUT2D eigenvalue weighted by Gasteiger charge is -2.06. The van der Waals surface area contributed by atoms with Gasteiger partial charge in [0.1, 0.15) is 0 Å². The Morgan fingerprint density at radius 3 is 2.48 bits per heavy atom. The van der Waals surface area contributed by atoms with E-state index in [1.807, 2.05) is 0 Å². The van der Waals surface area contributed by atoms with Gasteiger partial charge in [0.15, 0.2) is 0 Å². The van der Waals surface area contributed by atoms with Gasteiger partial charge in [-0.05, 0) is 30.2 Å². The summed E-state index contributed by atoms with van der Waals surface area (Å²) >= 11 is 3.33. The molecule has 0 aliphatic carbocycles. The topological polar surface area (TPSA) is 86.2 Å². The Hall–Kier alpha value is -1.73. The minimum atomic E-state index is -1.21. The van der Waals surface area contributed by atoms with E-state index < -0.39 is 15.7 Å². The van der Waals surface area contributed by atoms with Crippen LogP contribution < -0.4 is 5.73 Å². The van der Waals surface area contributed by atoms with E-state index in [0.29, 0.717) is 22.8 Å². The van der Waals surface area contributed by atoms with Crippen LogP contribution in [0.15, 0.2) is 51.8 Å². The second-order valence-corrected chi connectivity index (χ2v) is 6.86. The molecule has 21 heavy (non-hydrogen) atoms. The monoisotopic (exact) mass is 368 g/mol. The number of non-ortho nitro benzene ring substituents is 1. The van der Waals surface area contributed by atoms with Crippen molar-refractivity contribution in [1.29, 1.82) is 0 Å². The predicted molar refractivity (Wildman–Crippen MR) is 86.6 cm³/mol. The first-order chi connectivity index (χ1) is 9.97. The van der Waals surface area contributed by atoms with Gasteiger partial charge in [-0.2, -0.15) is 0 Å². The summed E-state index contributed by atoms with van der Waals surface area (Å²) in [5, 5.41) is 10.6. The van der Waals surface area contributed by atoms with Crippen LogP contribution in [0.5, 0.6) is 0 Å². The summed E-state index contributed by atoms with van der Waals surface area (Å²) in [6.07, 6.45) is 0.566. The standard InChI is InChI=1S/C14H13BrN2O3S/c15-11-3-6-13(16)14(9-11)21(20)8-7-10-1-4-12(5-2-10)17(18)19/h1-6,9H,7-8,16H2. The second kappa shape index (κ2) is 6.82. The van der Waals surface area contributed by atoms with Crippen molar-refractivity contribution in [2.24, 2.45) is 0 Å². The summed E-state index contributed by atoms with van der Waals surface area (Å²) in [6.45, 7) is 0. The lowest BCUT2D eigenvalue weighted by Crippen LogP contribution is -2.04. The number of halogens is 1. The number of hydrogen-bond donors (Lipinski definition) is 1. The molecular weight excluding hydrogens is 356 g/mol. The Morgan fingerprint density at radius 1 is 1.19 bits per heavy atom. The van der Waals surface area contributed by atoms with Crippen LogP contribution in [0.25, 0.3) is 0 Å². The molecule has 2 rings (SSSR count). The van der Waals surface area contributed by atoms with Crippen LogP contribution in [0, 0.1) is 10.1 Å². The number of nitrogen functional groups attached to an aromatic ring is 1. The molecule has 0 aromatic heterocycles. The van der Waals surface area contributed by atoms with Crippen molar-refractivity contribution in [2.45, 2.75) is 11.3 Å². The Bertz CT molecular complexity index is 689. The average Bonchev–Trinajstić information content (AvgIpc) is 2.47. The van der Waals surface area contributed by atoms with Crippen LogP contribution in [0.3, 0.4) is 0 Å². The van der Waals surface area contributed by atoms with Gasteiger partial charge >= 0.3 is 0 Å². The van der Waals surface area contributed by atoms with Gasteiger partial charge < -0.3 is 5.73 Å². The number of aryl methyl sites for hydroxylation is 1. The number of benzene rings is 2. The summed E-state index contributed by atoms with van der Waals surface area (Å²) in [5.41, 5.74) is 7.28. The first-order valence-corrected chi connectivity index (χ1v) is 8.25. The van der Waals surface area contributed by atoms with Crippen LogP contribution in [0.2, 0.25) is 0 Å². The van der Waals surface area contributed by atoms with Crippen molar-refractivity contribution in [1.82, 2.24) is 0 Å². The van der Waals surface area contributed by atoms with Crippen LogP contribution >= 0.6 is 15.9 Å². The molecule has 0 fully saturated rings. The Balaban J connectivity index is 2.04. The highest BCUT2D eigenvalue weighted by Crippen LogP contribution is 2.22. The van der Waals surface area contributed by atoms with E-state index in [2.05, 4.69) is 15.9 Å². The normalized spacial score (nSPS) is 12.0. The average molecular weight is 369 g/mol. The molecule has 2 aromatic carbocycles. The first kappa shape index (κ1) is 15.7. The van der Waals surface area contributed by atoms with Crippen molar-refractivity contribution in [3.63, 3.8) is 0 Å². The second-order valence-electron chi connectivity index (χ2n) is 4.41. The molecule has 0 aliphatic heterocycles. The molecule has 7 heteroatoms. The SMILES string of the molecule is Nc1ccc(Br)cc1S(=O)CCc1ccc([N+](=O)[O-])cc1. The molecule has 0 saturated carbocycles. The van der Waals surface area contributed by atoms with E-state index >= 15 is 0 Å². The highest BCUT2D eigenvalue weighted by atomic mass is 79.9. The summed E-state index contributed by atoms with van der Waals surface area (Å²) < 4.78 is 13.1. The highest BCUT2D eigenvalue weighted by molar-refractivity contribution is 9.10. The van der Waals surface area contributed by atoms with Crippen LogP contribution in [0.4, 0.5) is 11.4 Å². The van der Waals surface area contributed by atoms with E-state index in [-0.39, 0.29) is 5.69 Å². The smallest absolute Gasteiger partial charge is 0.269 e. The summed E-state index contributed by atoms with van der Waals surface area (Å²) in [5.74, 6) is 0.415. The minimum absolute atomic E-state index is 0.0520. The molecule has 0 spiro atoms. The molecule has 1 atom stereocenters. The number of hydrogen-bond acceptors (Lipinski definition) is 4. The van der Waals surface area contributed by atoms with Gasteiger partial charge in [-0.15, -0.1) is 0 Å². The van der Waals surface area contributed by atoms with Gasteiger partial charge in [0, 0.05) is 28.0 Å². The van der Waals surface area contributed by atoms with Crippen LogP contribution in [-0.2, 0) is 17.2 Å². The summed E-state index contributed by atoms with van der Waals surface area (Å²) in [6, 6.07) is 11.5. The van der Waals surface area contributed by atoms with Gasteiger partial charge in [0.25, 0.3) is 5.69 Å². The zero-order valence-electron chi connectivity index (χ0n) is 11.0. The van der Waals surface area contributed by atoms with Gasteiger partial charge in [0.2, 0.25) is 0 Å². The number of nitro groups is 1. The summed E-state index contributed by atoms with van der Waals surface area (Å²) in [4.78, 5) is 10.7. The van der Waals surface area contributed by atoms with Crippen molar-refractivity contribution in [2.75, 3.05) is 11.5 Å². The zero-order valence-corrected chi connectivity index (χ0v) is 13.4. The van der Waals surface area contributed by atoms with E-state index in [9.17, 15) is 14.3 Å². The van der Waals surface area contributed by atoms with Crippen molar-refractivity contribution in [3.05, 3.63) is 62.6 Å². The van der Waals surface area contributed by atoms with E-state index in [4.69, 9.17) is 5.73 Å². The molecular formula is C14H13BrN2O3S. The number of nitrogens with two attached hydrogens (primary N) is 1. The maximum atomic E-state index is 12.3. The Morgan fingerprint density at radius 2 is 1.86 bits per heavy atom. The molecule has 0 amide bonds. The van der Waals surface area contributed by atoms with Crippen molar-refractivity contribution < 1.29 is 9.13 Å². The van der Waals surface area contributed by atoms with Crippen molar-refractivity contribution >= 4 is 38.1 Å². The third-order valence-electron chi connectivity index (χ3n) is 2.94. The van der Waals surface area contributed by atoms with Crippen LogP contribution in [-0.4, -0.2) is 14.9 Å². The lowest BCUT2D eigenvalue weighted by atomic mass is 10.1. The fourth-order valence-electron chi connectivity index (χ4n) is 1.81. The van der Waals surface area contributed by atoms with Crippen LogP contribution in [0.1, 0.15) is 5.56 Å². The largest absolute Gasteiger partial charge is 0.398 e. The first-order valence-electron chi connectivity index (χ1n) is 6.14. The quantitative estimate of drug-likeness (QED) is 0.498. The number of nitrogens with zero attached hydrogens (tertiary/aromatic N) is 1. The lowest BCUT2D eigenvalue weighted by molar-refractivity contribution is -0.384. The minimum Gasteiger partial charge on any atom is -0.398 e. The number of nitro benzene ring substituents is 1. The Labute approximate surface area is 132 Å². The molecule has 2 N–H and O–H groups in total. The molecule has 0 heterocycles. The third kappa shape index (κ3) is 4.12. The van der Waals surface area contributed by atoms with E-state index in [0.717, 1.165) is 10.0 Å². The summed E-state index contributed by atoms with van der Waals surface area (Å²) in [7, 11) is -1.21. The molecule has 110 valence electrons. The van der Waals surface area contributed by atoms with Crippen molar-refractivity contribution in [3.8, 4) is 0 Å².